The van der Waals surface area contributed by atoms with Crippen LogP contribution in [0.4, 0.5) is 5.69 Å². The monoisotopic (exact) mass is 287 g/mol. The van der Waals surface area contributed by atoms with Crippen molar-refractivity contribution in [3.05, 3.63) is 29.8 Å². The summed E-state index contributed by atoms with van der Waals surface area (Å²) in [6.45, 7) is 8.05. The quantitative estimate of drug-likeness (QED) is 0.925. The maximum Gasteiger partial charge on any atom is 0.230 e. The molecule has 0 spiro atoms. The molecule has 1 atom stereocenters. The molecule has 2 aliphatic heterocycles. The first kappa shape index (κ1) is 14.4. The fourth-order valence-corrected chi connectivity index (χ4v) is 3.45. The lowest BCUT2D eigenvalue weighted by atomic mass is 9.89. The number of rotatable bonds is 3. The molecule has 2 heterocycles. The van der Waals surface area contributed by atoms with Crippen molar-refractivity contribution in [2.45, 2.75) is 25.7 Å². The third-order valence-corrected chi connectivity index (χ3v) is 4.61. The molecule has 0 aliphatic carbocycles. The summed E-state index contributed by atoms with van der Waals surface area (Å²) in [5.74, 6) is 0.361. The zero-order valence-corrected chi connectivity index (χ0v) is 12.8. The number of anilines is 1. The minimum Gasteiger partial charge on any atom is -0.385 e. The van der Waals surface area contributed by atoms with Crippen LogP contribution in [0, 0.1) is 0 Å². The summed E-state index contributed by atoms with van der Waals surface area (Å²) in [5, 5.41) is 3.40. The Hall–Kier alpha value is -1.55. The van der Waals surface area contributed by atoms with Crippen molar-refractivity contribution in [2.75, 3.05) is 44.6 Å². The van der Waals surface area contributed by atoms with Crippen LogP contribution in [0.3, 0.4) is 0 Å². The first-order valence-corrected chi connectivity index (χ1v) is 8.13. The number of benzene rings is 1. The van der Waals surface area contributed by atoms with Gasteiger partial charge in [-0.15, -0.1) is 0 Å². The predicted molar refractivity (Wildman–Crippen MR) is 85.6 cm³/mol. The van der Waals surface area contributed by atoms with Crippen molar-refractivity contribution in [1.82, 2.24) is 9.80 Å². The van der Waals surface area contributed by atoms with Crippen LogP contribution in [0.25, 0.3) is 0 Å². The smallest absolute Gasteiger partial charge is 0.230 e. The first-order chi connectivity index (χ1) is 10.3. The summed E-state index contributed by atoms with van der Waals surface area (Å²) in [4.78, 5) is 17.4. The highest BCUT2D eigenvalue weighted by Crippen LogP contribution is 2.32. The Morgan fingerprint density at radius 3 is 2.76 bits per heavy atom. The molecule has 21 heavy (non-hydrogen) atoms. The molecule has 0 bridgehead atoms. The maximum absolute atomic E-state index is 12.9. The van der Waals surface area contributed by atoms with Crippen LogP contribution >= 0.6 is 0 Å². The molecule has 2 aliphatic rings. The Morgan fingerprint density at radius 2 is 2.00 bits per heavy atom. The van der Waals surface area contributed by atoms with Crippen LogP contribution in [0.2, 0.25) is 0 Å². The van der Waals surface area contributed by atoms with Gasteiger partial charge < -0.3 is 10.2 Å². The average Bonchev–Trinajstić information content (AvgIpc) is 2.55. The van der Waals surface area contributed by atoms with Crippen LogP contribution in [-0.4, -0.2) is 55.0 Å². The highest BCUT2D eigenvalue weighted by molar-refractivity contribution is 5.86. The minimum absolute atomic E-state index is 0.0418. The Balaban J connectivity index is 1.67. The van der Waals surface area contributed by atoms with E-state index in [1.54, 1.807) is 0 Å². The summed E-state index contributed by atoms with van der Waals surface area (Å²) < 4.78 is 0. The Morgan fingerprint density at radius 1 is 1.24 bits per heavy atom. The van der Waals surface area contributed by atoms with Crippen LogP contribution in [0.1, 0.15) is 31.2 Å². The number of hydrogen-bond donors (Lipinski definition) is 1. The summed E-state index contributed by atoms with van der Waals surface area (Å²) in [7, 11) is 0. The number of nitrogens with zero attached hydrogens (tertiary/aromatic N) is 2. The number of piperazine rings is 1. The lowest BCUT2D eigenvalue weighted by Gasteiger charge is -2.37. The van der Waals surface area contributed by atoms with E-state index in [4.69, 9.17) is 0 Å². The third-order valence-electron chi connectivity index (χ3n) is 4.61. The second-order valence-corrected chi connectivity index (χ2v) is 6.02. The van der Waals surface area contributed by atoms with Gasteiger partial charge in [-0.25, -0.2) is 0 Å². The molecule has 1 unspecified atom stereocenters. The summed E-state index contributed by atoms with van der Waals surface area (Å²) >= 11 is 0. The number of hydrogen-bond acceptors (Lipinski definition) is 3. The molecule has 0 radical (unpaired) electrons. The summed E-state index contributed by atoms with van der Waals surface area (Å²) in [5.41, 5.74) is 2.30. The number of amides is 1. The molecule has 1 saturated heterocycles. The molecule has 114 valence electrons. The van der Waals surface area contributed by atoms with Crippen molar-refractivity contribution >= 4 is 11.6 Å². The van der Waals surface area contributed by atoms with Gasteiger partial charge in [0.05, 0.1) is 5.92 Å². The standard InChI is InChI=1S/C17H25N3O/c1-2-9-19-10-12-20(13-11-19)17(21)15-7-8-18-16-6-4-3-5-14(15)16/h3-6,15,18H,2,7-13H2,1H3. The first-order valence-electron chi connectivity index (χ1n) is 8.13. The fourth-order valence-electron chi connectivity index (χ4n) is 3.45. The molecule has 0 aromatic heterocycles. The largest absolute Gasteiger partial charge is 0.385 e. The van der Waals surface area contributed by atoms with Crippen LogP contribution in [0.15, 0.2) is 24.3 Å². The van der Waals surface area contributed by atoms with Gasteiger partial charge in [-0.3, -0.25) is 9.69 Å². The van der Waals surface area contributed by atoms with E-state index in [1.807, 2.05) is 12.1 Å². The second kappa shape index (κ2) is 6.48. The predicted octanol–water partition coefficient (Wildman–Crippen LogP) is 2.14. The van der Waals surface area contributed by atoms with E-state index < -0.39 is 0 Å². The SMILES string of the molecule is CCCN1CCN(C(=O)C2CCNc3ccccc32)CC1. The van der Waals surface area contributed by atoms with E-state index in [1.165, 1.54) is 12.0 Å². The lowest BCUT2D eigenvalue weighted by molar-refractivity contribution is -0.134. The lowest BCUT2D eigenvalue weighted by Crippen LogP contribution is -2.50. The highest BCUT2D eigenvalue weighted by atomic mass is 16.2. The van der Waals surface area contributed by atoms with Crippen molar-refractivity contribution < 1.29 is 4.79 Å². The normalized spacial score (nSPS) is 22.5. The van der Waals surface area contributed by atoms with E-state index in [0.29, 0.717) is 5.91 Å². The number of fused-ring (bicyclic) bond motifs is 1. The Bertz CT molecular complexity index is 495. The van der Waals surface area contributed by atoms with Crippen molar-refractivity contribution in [3.8, 4) is 0 Å². The minimum atomic E-state index is 0.0418. The zero-order valence-electron chi connectivity index (χ0n) is 12.8. The maximum atomic E-state index is 12.9. The van der Waals surface area contributed by atoms with Gasteiger partial charge in [-0.1, -0.05) is 25.1 Å². The van der Waals surface area contributed by atoms with Crippen LogP contribution in [0.5, 0.6) is 0 Å². The average molecular weight is 287 g/mol. The van der Waals surface area contributed by atoms with Gasteiger partial charge in [0.25, 0.3) is 0 Å². The number of para-hydroxylation sites is 1. The van der Waals surface area contributed by atoms with Gasteiger partial charge in [0.15, 0.2) is 0 Å². The molecule has 4 heteroatoms. The molecule has 1 N–H and O–H groups in total. The van der Waals surface area contributed by atoms with E-state index in [9.17, 15) is 4.79 Å². The Kier molecular flexibility index (Phi) is 4.44. The van der Waals surface area contributed by atoms with Crippen molar-refractivity contribution in [1.29, 1.82) is 0 Å². The Labute approximate surface area is 127 Å². The molecule has 0 saturated carbocycles. The molecular formula is C17H25N3O. The van der Waals surface area contributed by atoms with Gasteiger partial charge >= 0.3 is 0 Å². The van der Waals surface area contributed by atoms with Gasteiger partial charge in [-0.2, -0.15) is 0 Å². The van der Waals surface area contributed by atoms with Crippen molar-refractivity contribution in [3.63, 3.8) is 0 Å². The third kappa shape index (κ3) is 3.05. The summed E-state index contributed by atoms with van der Waals surface area (Å²) in [6.07, 6.45) is 2.10. The summed E-state index contributed by atoms with van der Waals surface area (Å²) in [6, 6.07) is 8.23. The van der Waals surface area contributed by atoms with Crippen LogP contribution < -0.4 is 5.32 Å². The molecule has 1 aromatic rings. The topological polar surface area (TPSA) is 35.6 Å². The highest BCUT2D eigenvalue weighted by Gasteiger charge is 2.31. The van der Waals surface area contributed by atoms with Crippen LogP contribution in [-0.2, 0) is 4.79 Å². The van der Waals surface area contributed by atoms with E-state index >= 15 is 0 Å². The molecule has 1 amide bonds. The molecular weight excluding hydrogens is 262 g/mol. The van der Waals surface area contributed by atoms with Crippen molar-refractivity contribution in [2.24, 2.45) is 0 Å². The second-order valence-electron chi connectivity index (χ2n) is 6.02. The van der Waals surface area contributed by atoms with E-state index in [0.717, 1.165) is 51.4 Å². The van der Waals surface area contributed by atoms with Gasteiger partial charge in [-0.05, 0) is 31.0 Å². The molecule has 1 fully saturated rings. The zero-order chi connectivity index (χ0) is 14.7. The number of nitrogens with one attached hydrogen (secondary N) is 1. The molecule has 1 aromatic carbocycles. The number of carbonyl (C=O) groups excluding carboxylic acids is 1. The number of carbonyl (C=O) groups is 1. The van der Waals surface area contributed by atoms with Gasteiger partial charge in [0.2, 0.25) is 5.91 Å². The molecule has 4 nitrogen and oxygen atoms in total. The fraction of sp³-hybridized carbons (Fsp3) is 0.588. The van der Waals surface area contributed by atoms with E-state index in [-0.39, 0.29) is 5.92 Å². The van der Waals surface area contributed by atoms with E-state index in [2.05, 4.69) is 34.2 Å². The van der Waals surface area contributed by atoms with Gasteiger partial charge in [0, 0.05) is 38.4 Å². The van der Waals surface area contributed by atoms with Gasteiger partial charge in [0.1, 0.15) is 0 Å². The molecule has 3 rings (SSSR count).